The monoisotopic (exact) mass is 378 g/mol. The van der Waals surface area contributed by atoms with Crippen LogP contribution in [0.2, 0.25) is 0 Å². The molecule has 1 aliphatic rings. The zero-order valence-electron chi connectivity index (χ0n) is 15.5. The number of aromatic nitrogens is 2. The maximum Gasteiger partial charge on any atom is 0.272 e. The number of imidazole rings is 1. The van der Waals surface area contributed by atoms with Crippen molar-refractivity contribution in [1.29, 1.82) is 0 Å². The first-order valence-electron chi connectivity index (χ1n) is 8.97. The summed E-state index contributed by atoms with van der Waals surface area (Å²) in [4.78, 5) is 17.2. The fourth-order valence-corrected chi connectivity index (χ4v) is 4.26. The molecule has 3 rings (SSSR count). The Labute approximate surface area is 154 Å². The van der Waals surface area contributed by atoms with Gasteiger partial charge in [-0.1, -0.05) is 19.9 Å². The molecule has 1 saturated heterocycles. The lowest BCUT2D eigenvalue weighted by molar-refractivity contribution is 0.0946. The van der Waals surface area contributed by atoms with E-state index >= 15 is 0 Å². The number of hydrogen-bond donors (Lipinski definition) is 1. The van der Waals surface area contributed by atoms with Crippen molar-refractivity contribution >= 4 is 21.4 Å². The van der Waals surface area contributed by atoms with E-state index in [9.17, 15) is 13.2 Å². The summed E-state index contributed by atoms with van der Waals surface area (Å²) in [6, 6.07) is 5.65. The number of fused-ring (bicyclic) bond motifs is 1. The van der Waals surface area contributed by atoms with Gasteiger partial charge in [0.25, 0.3) is 5.91 Å². The van der Waals surface area contributed by atoms with Crippen LogP contribution in [0.15, 0.2) is 24.4 Å². The van der Waals surface area contributed by atoms with Crippen LogP contribution in [-0.4, -0.2) is 53.9 Å². The van der Waals surface area contributed by atoms with E-state index in [-0.39, 0.29) is 11.8 Å². The summed E-state index contributed by atoms with van der Waals surface area (Å²) in [5.41, 5.74) is 1.15. The first-order chi connectivity index (χ1) is 12.3. The molecule has 1 atom stereocenters. The second kappa shape index (κ2) is 7.36. The molecular weight excluding hydrogens is 352 g/mol. The normalized spacial score (nSPS) is 19.2. The molecule has 1 amide bonds. The quantitative estimate of drug-likeness (QED) is 0.861. The van der Waals surface area contributed by atoms with Crippen molar-refractivity contribution in [1.82, 2.24) is 19.0 Å². The van der Waals surface area contributed by atoms with Crippen LogP contribution >= 0.6 is 0 Å². The molecule has 3 heterocycles. The topological polar surface area (TPSA) is 83.8 Å². The Morgan fingerprint density at radius 2 is 2.15 bits per heavy atom. The fourth-order valence-electron chi connectivity index (χ4n) is 3.35. The summed E-state index contributed by atoms with van der Waals surface area (Å²) in [7, 11) is -3.23. The minimum Gasteiger partial charge on any atom is -0.350 e. The highest BCUT2D eigenvalue weighted by Gasteiger charge is 2.30. The first-order valence-corrected chi connectivity index (χ1v) is 10.8. The molecule has 7 nitrogen and oxygen atoms in total. The fraction of sp³-hybridized carbons (Fsp3) is 0.556. The predicted molar refractivity (Wildman–Crippen MR) is 101 cm³/mol. The predicted octanol–water partition coefficient (Wildman–Crippen LogP) is 1.86. The van der Waals surface area contributed by atoms with Crippen molar-refractivity contribution in [2.24, 2.45) is 5.92 Å². The van der Waals surface area contributed by atoms with Gasteiger partial charge in [0.1, 0.15) is 5.82 Å². The molecule has 0 aliphatic carbocycles. The van der Waals surface area contributed by atoms with Crippen LogP contribution < -0.4 is 5.32 Å². The maximum atomic E-state index is 12.6. The van der Waals surface area contributed by atoms with Crippen molar-refractivity contribution in [2.75, 3.05) is 25.9 Å². The zero-order valence-corrected chi connectivity index (χ0v) is 16.3. The Hall–Kier alpha value is -1.93. The van der Waals surface area contributed by atoms with Gasteiger partial charge in [0.2, 0.25) is 10.0 Å². The average Bonchev–Trinajstić information content (AvgIpc) is 2.99. The smallest absolute Gasteiger partial charge is 0.272 e. The molecule has 1 N–H and O–H groups in total. The summed E-state index contributed by atoms with van der Waals surface area (Å²) in [5.74, 6) is 0.891. The Kier molecular flexibility index (Phi) is 5.34. The van der Waals surface area contributed by atoms with E-state index in [4.69, 9.17) is 0 Å². The second-order valence-electron chi connectivity index (χ2n) is 7.34. The Balaban J connectivity index is 1.95. The van der Waals surface area contributed by atoms with Gasteiger partial charge in [-0.15, -0.1) is 0 Å². The average molecular weight is 378 g/mol. The molecular formula is C18H26N4O3S. The lowest BCUT2D eigenvalue weighted by Crippen LogP contribution is -2.38. The molecule has 0 saturated carbocycles. The van der Waals surface area contributed by atoms with Crippen molar-refractivity contribution in [3.63, 3.8) is 0 Å². The number of pyridine rings is 1. The van der Waals surface area contributed by atoms with Crippen LogP contribution in [0.5, 0.6) is 0 Å². The van der Waals surface area contributed by atoms with E-state index in [1.54, 1.807) is 0 Å². The van der Waals surface area contributed by atoms with Crippen LogP contribution in [0.1, 0.15) is 48.9 Å². The third kappa shape index (κ3) is 3.91. The van der Waals surface area contributed by atoms with Crippen molar-refractivity contribution in [3.8, 4) is 0 Å². The molecule has 26 heavy (non-hydrogen) atoms. The van der Waals surface area contributed by atoms with Gasteiger partial charge in [-0.3, -0.25) is 4.79 Å². The van der Waals surface area contributed by atoms with Gasteiger partial charge >= 0.3 is 0 Å². The summed E-state index contributed by atoms with van der Waals surface area (Å²) < 4.78 is 27.3. The van der Waals surface area contributed by atoms with E-state index in [0.29, 0.717) is 31.2 Å². The van der Waals surface area contributed by atoms with Crippen LogP contribution in [0.3, 0.4) is 0 Å². The second-order valence-corrected chi connectivity index (χ2v) is 9.32. The lowest BCUT2D eigenvalue weighted by atomic mass is 9.99. The van der Waals surface area contributed by atoms with Crippen LogP contribution in [-0.2, 0) is 10.0 Å². The zero-order chi connectivity index (χ0) is 18.9. The lowest BCUT2D eigenvalue weighted by Gasteiger charge is -2.30. The number of sulfonamides is 1. The molecule has 1 aliphatic heterocycles. The number of rotatable bonds is 5. The van der Waals surface area contributed by atoms with Crippen LogP contribution in [0.4, 0.5) is 0 Å². The molecule has 8 heteroatoms. The van der Waals surface area contributed by atoms with Gasteiger partial charge in [0, 0.05) is 31.7 Å². The number of piperidine rings is 1. The highest BCUT2D eigenvalue weighted by Crippen LogP contribution is 2.29. The van der Waals surface area contributed by atoms with Crippen molar-refractivity contribution in [3.05, 3.63) is 35.9 Å². The molecule has 0 aromatic carbocycles. The van der Waals surface area contributed by atoms with Gasteiger partial charge in [-0.05, 0) is 30.9 Å². The van der Waals surface area contributed by atoms with Gasteiger partial charge in [-0.25, -0.2) is 17.7 Å². The Morgan fingerprint density at radius 3 is 2.85 bits per heavy atom. The Morgan fingerprint density at radius 1 is 1.38 bits per heavy atom. The Bertz CT molecular complexity index is 904. The molecule has 142 valence electrons. The highest BCUT2D eigenvalue weighted by molar-refractivity contribution is 7.88. The first kappa shape index (κ1) is 18.8. The number of nitrogens with one attached hydrogen (secondary N) is 1. The molecule has 1 fully saturated rings. The number of nitrogens with zero attached hydrogens (tertiary/aromatic N) is 3. The molecule has 0 bridgehead atoms. The standard InChI is InChI=1S/C18H26N4O3S/c1-13(2)11-19-18(23)16-15-8-4-5-10-22(15)17(20-16)14-7-6-9-21(12-14)26(3,24)25/h4-5,8,10,13-14H,6-7,9,11-12H2,1-3H3,(H,19,23)/t14-/m0/s1. The minimum absolute atomic E-state index is 0.0278. The van der Waals surface area contributed by atoms with Crippen molar-refractivity contribution in [2.45, 2.75) is 32.6 Å². The van der Waals surface area contributed by atoms with E-state index in [1.807, 2.05) is 42.6 Å². The van der Waals surface area contributed by atoms with Gasteiger partial charge in [-0.2, -0.15) is 0 Å². The SMILES string of the molecule is CC(C)CNC(=O)c1nc([C@H]2CCCN(S(C)(=O)=O)C2)n2ccccc12. The summed E-state index contributed by atoms with van der Waals surface area (Å²) in [5, 5.41) is 2.92. The highest BCUT2D eigenvalue weighted by atomic mass is 32.2. The van der Waals surface area contributed by atoms with E-state index in [2.05, 4.69) is 10.3 Å². The number of hydrogen-bond acceptors (Lipinski definition) is 4. The van der Waals surface area contributed by atoms with Crippen molar-refractivity contribution < 1.29 is 13.2 Å². The van der Waals surface area contributed by atoms with E-state index in [1.165, 1.54) is 10.6 Å². The number of carbonyl (C=O) groups is 1. The molecule has 2 aromatic heterocycles. The maximum absolute atomic E-state index is 12.6. The summed E-state index contributed by atoms with van der Waals surface area (Å²) in [6.07, 6.45) is 4.77. The van der Waals surface area contributed by atoms with Crippen LogP contribution in [0.25, 0.3) is 5.52 Å². The van der Waals surface area contributed by atoms with Gasteiger partial charge in [0.05, 0.1) is 11.8 Å². The van der Waals surface area contributed by atoms with Gasteiger partial charge < -0.3 is 9.72 Å². The van der Waals surface area contributed by atoms with E-state index < -0.39 is 10.0 Å². The molecule has 0 unspecified atom stereocenters. The van der Waals surface area contributed by atoms with Crippen LogP contribution in [0, 0.1) is 5.92 Å². The summed E-state index contributed by atoms with van der Waals surface area (Å²) >= 11 is 0. The third-order valence-electron chi connectivity index (χ3n) is 4.68. The largest absolute Gasteiger partial charge is 0.350 e. The minimum atomic E-state index is -3.23. The molecule has 0 radical (unpaired) electrons. The number of carbonyl (C=O) groups excluding carboxylic acids is 1. The molecule has 0 spiro atoms. The van der Waals surface area contributed by atoms with Gasteiger partial charge in [0.15, 0.2) is 5.69 Å². The van der Waals surface area contributed by atoms with E-state index in [0.717, 1.165) is 24.2 Å². The summed E-state index contributed by atoms with van der Waals surface area (Å²) in [6.45, 7) is 5.61. The molecule has 2 aromatic rings. The number of amides is 1. The third-order valence-corrected chi connectivity index (χ3v) is 5.95.